The van der Waals surface area contributed by atoms with Crippen LogP contribution in [0.15, 0.2) is 18.2 Å². The Balaban J connectivity index is 2.90. The Bertz CT molecular complexity index is 508. The first-order valence-corrected chi connectivity index (χ1v) is 7.10. The van der Waals surface area contributed by atoms with Crippen molar-refractivity contribution in [1.29, 1.82) is 0 Å². The fourth-order valence-electron chi connectivity index (χ4n) is 2.22. The van der Waals surface area contributed by atoms with E-state index in [0.29, 0.717) is 6.54 Å². The molecule has 0 spiro atoms. The average Bonchev–Trinajstić information content (AvgIpc) is 2.41. The number of hydrogen-bond acceptors (Lipinski definition) is 2. The Labute approximate surface area is 126 Å². The maximum absolute atomic E-state index is 12.5. The lowest BCUT2D eigenvalue weighted by Gasteiger charge is -2.28. The Hall–Kier alpha value is -2.04. The zero-order valence-corrected chi connectivity index (χ0v) is 13.4. The molecule has 0 aliphatic carbocycles. The second kappa shape index (κ2) is 7.11. The Morgan fingerprint density at radius 2 is 1.71 bits per heavy atom. The molecule has 116 valence electrons. The Kier molecular flexibility index (Phi) is 5.76. The predicted molar refractivity (Wildman–Crippen MR) is 83.8 cm³/mol. The van der Waals surface area contributed by atoms with Gasteiger partial charge in [0.15, 0.2) is 0 Å². The SMILES string of the molecule is CCN(CC(C)C(=O)O)C(=O)N(C)c1cc(C)cc(C)c1. The minimum atomic E-state index is -0.893. The van der Waals surface area contributed by atoms with Crippen molar-refractivity contribution in [3.05, 3.63) is 29.3 Å². The maximum Gasteiger partial charge on any atom is 0.324 e. The fourth-order valence-corrected chi connectivity index (χ4v) is 2.22. The normalized spacial score (nSPS) is 11.9. The highest BCUT2D eigenvalue weighted by Gasteiger charge is 2.22. The van der Waals surface area contributed by atoms with Gasteiger partial charge in [0.1, 0.15) is 0 Å². The highest BCUT2D eigenvalue weighted by Crippen LogP contribution is 2.19. The minimum Gasteiger partial charge on any atom is -0.481 e. The number of carboxylic acids is 1. The lowest BCUT2D eigenvalue weighted by atomic mass is 10.1. The molecule has 0 bridgehead atoms. The summed E-state index contributed by atoms with van der Waals surface area (Å²) in [6.07, 6.45) is 0. The second-order valence-electron chi connectivity index (χ2n) is 5.47. The van der Waals surface area contributed by atoms with Gasteiger partial charge in [0.05, 0.1) is 5.92 Å². The molecule has 1 aromatic rings. The first-order chi connectivity index (χ1) is 9.76. The molecule has 1 rings (SSSR count). The molecule has 0 fully saturated rings. The number of rotatable bonds is 5. The molecule has 0 aliphatic heterocycles. The van der Waals surface area contributed by atoms with Crippen LogP contribution in [-0.2, 0) is 4.79 Å². The summed E-state index contributed by atoms with van der Waals surface area (Å²) in [7, 11) is 1.71. The highest BCUT2D eigenvalue weighted by atomic mass is 16.4. The number of amides is 2. The number of benzene rings is 1. The number of aryl methyl sites for hydroxylation is 2. The largest absolute Gasteiger partial charge is 0.481 e. The van der Waals surface area contributed by atoms with Gasteiger partial charge in [0.2, 0.25) is 0 Å². The van der Waals surface area contributed by atoms with E-state index in [1.807, 2.05) is 39.0 Å². The number of carbonyl (C=O) groups excluding carboxylic acids is 1. The predicted octanol–water partition coefficient (Wildman–Crippen LogP) is 2.90. The lowest BCUT2D eigenvalue weighted by molar-refractivity contribution is -0.141. The molecule has 2 amide bonds. The van der Waals surface area contributed by atoms with Crippen molar-refractivity contribution >= 4 is 17.7 Å². The van der Waals surface area contributed by atoms with Gasteiger partial charge >= 0.3 is 12.0 Å². The van der Waals surface area contributed by atoms with Crippen LogP contribution in [0, 0.1) is 19.8 Å². The molecule has 1 N–H and O–H groups in total. The van der Waals surface area contributed by atoms with Crippen molar-refractivity contribution in [3.63, 3.8) is 0 Å². The average molecular weight is 292 g/mol. The van der Waals surface area contributed by atoms with Gasteiger partial charge in [-0.05, 0) is 44.0 Å². The summed E-state index contributed by atoms with van der Waals surface area (Å²) in [5, 5.41) is 8.99. The first kappa shape index (κ1) is 17.0. The number of aliphatic carboxylic acids is 1. The van der Waals surface area contributed by atoms with Crippen LogP contribution in [-0.4, -0.2) is 42.1 Å². The number of hydrogen-bond donors (Lipinski definition) is 1. The minimum absolute atomic E-state index is 0.185. The number of carbonyl (C=O) groups is 2. The molecule has 0 saturated carbocycles. The van der Waals surface area contributed by atoms with Gasteiger partial charge in [-0.1, -0.05) is 13.0 Å². The van der Waals surface area contributed by atoms with Crippen LogP contribution in [0.4, 0.5) is 10.5 Å². The summed E-state index contributed by atoms with van der Waals surface area (Å²) < 4.78 is 0. The van der Waals surface area contributed by atoms with E-state index in [2.05, 4.69) is 0 Å². The summed E-state index contributed by atoms with van der Waals surface area (Å²) >= 11 is 0. The topological polar surface area (TPSA) is 60.9 Å². The molecule has 5 heteroatoms. The van der Waals surface area contributed by atoms with E-state index < -0.39 is 11.9 Å². The monoisotopic (exact) mass is 292 g/mol. The van der Waals surface area contributed by atoms with E-state index >= 15 is 0 Å². The summed E-state index contributed by atoms with van der Waals surface area (Å²) in [5.41, 5.74) is 3.00. The van der Waals surface area contributed by atoms with E-state index in [0.717, 1.165) is 16.8 Å². The Morgan fingerprint density at radius 1 is 1.19 bits per heavy atom. The van der Waals surface area contributed by atoms with Crippen LogP contribution in [0.5, 0.6) is 0 Å². The van der Waals surface area contributed by atoms with Crippen LogP contribution in [0.1, 0.15) is 25.0 Å². The number of anilines is 1. The number of urea groups is 1. The zero-order chi connectivity index (χ0) is 16.2. The van der Waals surface area contributed by atoms with Crippen molar-refractivity contribution in [2.45, 2.75) is 27.7 Å². The van der Waals surface area contributed by atoms with Gasteiger partial charge in [-0.3, -0.25) is 9.69 Å². The summed E-state index contributed by atoms with van der Waals surface area (Å²) in [5.74, 6) is -1.48. The number of carboxylic acid groups (broad SMARTS) is 1. The molecule has 1 unspecified atom stereocenters. The van der Waals surface area contributed by atoms with Gasteiger partial charge < -0.3 is 10.0 Å². The molecule has 21 heavy (non-hydrogen) atoms. The third-order valence-electron chi connectivity index (χ3n) is 3.45. The second-order valence-corrected chi connectivity index (χ2v) is 5.47. The smallest absolute Gasteiger partial charge is 0.324 e. The van der Waals surface area contributed by atoms with Gasteiger partial charge in [-0.15, -0.1) is 0 Å². The maximum atomic E-state index is 12.5. The van der Waals surface area contributed by atoms with Crippen molar-refractivity contribution in [3.8, 4) is 0 Å². The molecular weight excluding hydrogens is 268 g/mol. The number of nitrogens with zero attached hydrogens (tertiary/aromatic N) is 2. The van der Waals surface area contributed by atoms with Crippen LogP contribution >= 0.6 is 0 Å². The van der Waals surface area contributed by atoms with Crippen LogP contribution in [0.25, 0.3) is 0 Å². The van der Waals surface area contributed by atoms with E-state index in [4.69, 9.17) is 5.11 Å². The summed E-state index contributed by atoms with van der Waals surface area (Å²) in [6, 6.07) is 5.75. The molecular formula is C16H24N2O3. The third-order valence-corrected chi connectivity index (χ3v) is 3.45. The third kappa shape index (κ3) is 4.48. The molecule has 1 atom stereocenters. The van der Waals surface area contributed by atoms with Gasteiger partial charge in [-0.25, -0.2) is 4.79 Å². The molecule has 0 aromatic heterocycles. The van der Waals surface area contributed by atoms with Gasteiger partial charge in [-0.2, -0.15) is 0 Å². The van der Waals surface area contributed by atoms with E-state index in [1.165, 1.54) is 0 Å². The van der Waals surface area contributed by atoms with E-state index in [1.54, 1.807) is 23.8 Å². The van der Waals surface area contributed by atoms with Crippen molar-refractivity contribution in [1.82, 2.24) is 4.90 Å². The van der Waals surface area contributed by atoms with Crippen LogP contribution in [0.3, 0.4) is 0 Å². The lowest BCUT2D eigenvalue weighted by Crippen LogP contribution is -2.44. The van der Waals surface area contributed by atoms with Crippen LogP contribution < -0.4 is 4.90 Å². The fraction of sp³-hybridized carbons (Fsp3) is 0.500. The van der Waals surface area contributed by atoms with Crippen molar-refractivity contribution in [2.24, 2.45) is 5.92 Å². The molecule has 0 aliphatic rings. The highest BCUT2D eigenvalue weighted by molar-refractivity contribution is 5.92. The van der Waals surface area contributed by atoms with E-state index in [9.17, 15) is 9.59 Å². The quantitative estimate of drug-likeness (QED) is 0.907. The van der Waals surface area contributed by atoms with Crippen LogP contribution in [0.2, 0.25) is 0 Å². The van der Waals surface area contributed by atoms with Gasteiger partial charge in [0, 0.05) is 25.8 Å². The molecule has 0 radical (unpaired) electrons. The molecule has 0 saturated heterocycles. The van der Waals surface area contributed by atoms with E-state index in [-0.39, 0.29) is 12.6 Å². The molecule has 1 aromatic carbocycles. The molecule has 0 heterocycles. The standard InChI is InChI=1S/C16H24N2O3/c1-6-18(10-13(4)15(19)20)16(21)17(5)14-8-11(2)7-12(3)9-14/h7-9,13H,6,10H2,1-5H3,(H,19,20). The first-order valence-electron chi connectivity index (χ1n) is 7.10. The van der Waals surface area contributed by atoms with Crippen molar-refractivity contribution < 1.29 is 14.7 Å². The zero-order valence-electron chi connectivity index (χ0n) is 13.4. The summed E-state index contributed by atoms with van der Waals surface area (Å²) in [6.45, 7) is 8.11. The van der Waals surface area contributed by atoms with Crippen molar-refractivity contribution in [2.75, 3.05) is 25.0 Å². The van der Waals surface area contributed by atoms with Gasteiger partial charge in [0.25, 0.3) is 0 Å². The molecule has 5 nitrogen and oxygen atoms in total. The summed E-state index contributed by atoms with van der Waals surface area (Å²) in [4.78, 5) is 26.6. The Morgan fingerprint density at radius 3 is 2.14 bits per heavy atom.